The van der Waals surface area contributed by atoms with Crippen LogP contribution in [0.15, 0.2) is 42.5 Å². The van der Waals surface area contributed by atoms with Gasteiger partial charge in [0.25, 0.3) is 0 Å². The normalized spacial score (nSPS) is 12.3. The van der Waals surface area contributed by atoms with Crippen molar-refractivity contribution in [2.75, 3.05) is 0 Å². The zero-order valence-electron chi connectivity index (χ0n) is 14.3. The van der Waals surface area contributed by atoms with E-state index in [9.17, 15) is 14.3 Å². The average Bonchev–Trinajstić information content (AvgIpc) is 2.95. The number of aliphatic hydroxyl groups is 1. The summed E-state index contributed by atoms with van der Waals surface area (Å²) in [6.45, 7) is 4.04. The number of carbonyl (C=O) groups is 1. The van der Waals surface area contributed by atoms with Gasteiger partial charge in [-0.1, -0.05) is 25.1 Å². The summed E-state index contributed by atoms with van der Waals surface area (Å²) in [5.74, 6) is -0.640. The molecule has 3 aromatic rings. The largest absolute Gasteiger partial charge is 0.383 e. The molecule has 5 heteroatoms. The smallest absolute Gasteiger partial charge is 0.249 e. The van der Waals surface area contributed by atoms with Crippen LogP contribution in [0, 0.1) is 12.7 Å². The van der Waals surface area contributed by atoms with Crippen molar-refractivity contribution < 1.29 is 14.3 Å². The number of carbonyl (C=O) groups excluding carboxylic acids is 1. The Balaban J connectivity index is 1.90. The van der Waals surface area contributed by atoms with Gasteiger partial charge in [-0.2, -0.15) is 0 Å². The molecule has 130 valence electrons. The summed E-state index contributed by atoms with van der Waals surface area (Å²) in [6.07, 6.45) is -0.598. The second kappa shape index (κ2) is 7.07. The van der Waals surface area contributed by atoms with Crippen LogP contribution in [0.25, 0.3) is 22.2 Å². The van der Waals surface area contributed by atoms with Gasteiger partial charge in [-0.15, -0.1) is 0 Å². The summed E-state index contributed by atoms with van der Waals surface area (Å²) in [5.41, 5.74) is 4.10. The highest BCUT2D eigenvalue weighted by Gasteiger charge is 2.14. The van der Waals surface area contributed by atoms with Crippen LogP contribution in [0.5, 0.6) is 0 Å². The number of halogens is 1. The Kier molecular flexibility index (Phi) is 4.86. The van der Waals surface area contributed by atoms with Crippen molar-refractivity contribution in [2.24, 2.45) is 0 Å². The van der Waals surface area contributed by atoms with Crippen molar-refractivity contribution in [3.63, 3.8) is 0 Å². The SMILES string of the molecule is CC[C@H](O)C(=O)NCc1ccc2[nH]c(-c3ccccc3F)c(C)c2c1. The van der Waals surface area contributed by atoms with E-state index in [0.29, 0.717) is 18.5 Å². The fraction of sp³-hybridized carbons (Fsp3) is 0.250. The molecule has 0 unspecified atom stereocenters. The number of rotatable bonds is 5. The second-order valence-corrected chi connectivity index (χ2v) is 6.13. The lowest BCUT2D eigenvalue weighted by Gasteiger charge is -2.09. The molecule has 4 nitrogen and oxygen atoms in total. The highest BCUT2D eigenvalue weighted by Crippen LogP contribution is 2.31. The molecule has 25 heavy (non-hydrogen) atoms. The number of benzene rings is 2. The highest BCUT2D eigenvalue weighted by molar-refractivity contribution is 5.91. The molecule has 1 amide bonds. The maximum atomic E-state index is 14.1. The molecule has 0 aliphatic rings. The van der Waals surface area contributed by atoms with E-state index in [1.54, 1.807) is 19.1 Å². The van der Waals surface area contributed by atoms with Crippen LogP contribution in [-0.2, 0) is 11.3 Å². The number of aryl methyl sites for hydroxylation is 1. The third kappa shape index (κ3) is 3.42. The van der Waals surface area contributed by atoms with Crippen LogP contribution in [0.3, 0.4) is 0 Å². The minimum Gasteiger partial charge on any atom is -0.383 e. The predicted octanol–water partition coefficient (Wildman–Crippen LogP) is 3.67. The molecular formula is C20H21FN2O2. The minimum atomic E-state index is -0.981. The Hall–Kier alpha value is -2.66. The van der Waals surface area contributed by atoms with E-state index in [0.717, 1.165) is 27.7 Å². The van der Waals surface area contributed by atoms with Crippen LogP contribution < -0.4 is 5.32 Å². The van der Waals surface area contributed by atoms with E-state index < -0.39 is 6.10 Å². The van der Waals surface area contributed by atoms with Gasteiger partial charge < -0.3 is 15.4 Å². The van der Waals surface area contributed by atoms with Crippen molar-refractivity contribution in [2.45, 2.75) is 32.9 Å². The highest BCUT2D eigenvalue weighted by atomic mass is 19.1. The fourth-order valence-electron chi connectivity index (χ4n) is 2.91. The van der Waals surface area contributed by atoms with Gasteiger partial charge in [0.15, 0.2) is 0 Å². The molecule has 2 aromatic carbocycles. The Morgan fingerprint density at radius 2 is 2.04 bits per heavy atom. The van der Waals surface area contributed by atoms with Gasteiger partial charge in [0.2, 0.25) is 5.91 Å². The van der Waals surface area contributed by atoms with E-state index in [4.69, 9.17) is 0 Å². The van der Waals surface area contributed by atoms with Gasteiger partial charge in [0.05, 0.1) is 5.69 Å². The number of fused-ring (bicyclic) bond motifs is 1. The maximum Gasteiger partial charge on any atom is 0.249 e. The lowest BCUT2D eigenvalue weighted by Crippen LogP contribution is -2.33. The molecule has 1 atom stereocenters. The summed E-state index contributed by atoms with van der Waals surface area (Å²) in [7, 11) is 0. The second-order valence-electron chi connectivity index (χ2n) is 6.13. The molecule has 0 fully saturated rings. The van der Waals surface area contributed by atoms with Gasteiger partial charge in [0.1, 0.15) is 11.9 Å². The van der Waals surface area contributed by atoms with Gasteiger partial charge in [-0.05, 0) is 48.7 Å². The molecule has 0 saturated heterocycles. The molecule has 0 aliphatic carbocycles. The number of H-pyrrole nitrogens is 1. The molecule has 0 aliphatic heterocycles. The van der Waals surface area contributed by atoms with Crippen molar-refractivity contribution >= 4 is 16.8 Å². The Bertz CT molecular complexity index is 917. The first-order chi connectivity index (χ1) is 12.0. The third-order valence-electron chi connectivity index (χ3n) is 4.42. The van der Waals surface area contributed by atoms with Gasteiger partial charge >= 0.3 is 0 Å². The maximum absolute atomic E-state index is 14.1. The number of hydrogen-bond acceptors (Lipinski definition) is 2. The first kappa shape index (κ1) is 17.2. The number of aromatic nitrogens is 1. The number of amides is 1. The molecule has 0 radical (unpaired) electrons. The van der Waals surface area contributed by atoms with Crippen LogP contribution in [0.1, 0.15) is 24.5 Å². The molecule has 0 bridgehead atoms. The fourth-order valence-corrected chi connectivity index (χ4v) is 2.91. The van der Waals surface area contributed by atoms with Crippen molar-refractivity contribution in [3.05, 3.63) is 59.4 Å². The molecule has 3 N–H and O–H groups in total. The quantitative estimate of drug-likeness (QED) is 0.663. The zero-order chi connectivity index (χ0) is 18.0. The van der Waals surface area contributed by atoms with E-state index >= 15 is 0 Å². The summed E-state index contributed by atoms with van der Waals surface area (Å²) >= 11 is 0. The minimum absolute atomic E-state index is 0.266. The number of aromatic amines is 1. The average molecular weight is 340 g/mol. The third-order valence-corrected chi connectivity index (χ3v) is 4.42. The number of aliphatic hydroxyl groups excluding tert-OH is 1. The predicted molar refractivity (Wildman–Crippen MR) is 96.6 cm³/mol. The number of nitrogens with one attached hydrogen (secondary N) is 2. The van der Waals surface area contributed by atoms with E-state index in [-0.39, 0.29) is 11.7 Å². The van der Waals surface area contributed by atoms with Crippen LogP contribution in [-0.4, -0.2) is 22.1 Å². The topological polar surface area (TPSA) is 65.1 Å². The standard InChI is InChI=1S/C20H21FN2O2/c1-3-18(24)20(25)22-11-13-8-9-17-15(10-13)12(2)19(23-17)14-6-4-5-7-16(14)21/h4-10,18,23-24H,3,11H2,1-2H3,(H,22,25)/t18-/m0/s1. The molecule has 0 saturated carbocycles. The molecule has 3 rings (SSSR count). The van der Waals surface area contributed by atoms with Crippen molar-refractivity contribution in [1.82, 2.24) is 10.3 Å². The van der Waals surface area contributed by atoms with Gasteiger partial charge in [-0.25, -0.2) is 4.39 Å². The van der Waals surface area contributed by atoms with E-state index in [1.165, 1.54) is 6.07 Å². The van der Waals surface area contributed by atoms with Crippen molar-refractivity contribution in [1.29, 1.82) is 0 Å². The zero-order valence-corrected chi connectivity index (χ0v) is 14.3. The van der Waals surface area contributed by atoms with Crippen molar-refractivity contribution in [3.8, 4) is 11.3 Å². The van der Waals surface area contributed by atoms with Crippen LogP contribution in [0.2, 0.25) is 0 Å². The van der Waals surface area contributed by atoms with Gasteiger partial charge in [0, 0.05) is 23.0 Å². The monoisotopic (exact) mass is 340 g/mol. The van der Waals surface area contributed by atoms with E-state index in [2.05, 4.69) is 10.3 Å². The summed E-state index contributed by atoms with van der Waals surface area (Å²) in [5, 5.41) is 13.2. The lowest BCUT2D eigenvalue weighted by molar-refractivity contribution is -0.129. The molecular weight excluding hydrogens is 319 g/mol. The van der Waals surface area contributed by atoms with Crippen LogP contribution >= 0.6 is 0 Å². The Labute approximate surface area is 145 Å². The summed E-state index contributed by atoms with van der Waals surface area (Å²) in [4.78, 5) is 15.0. The molecule has 1 aromatic heterocycles. The lowest BCUT2D eigenvalue weighted by atomic mass is 10.0. The van der Waals surface area contributed by atoms with E-state index in [1.807, 2.05) is 31.2 Å². The van der Waals surface area contributed by atoms with Gasteiger partial charge in [-0.3, -0.25) is 4.79 Å². The molecule has 0 spiro atoms. The molecule has 1 heterocycles. The summed E-state index contributed by atoms with van der Waals surface area (Å²) in [6, 6.07) is 12.5. The first-order valence-electron chi connectivity index (χ1n) is 8.33. The first-order valence-corrected chi connectivity index (χ1v) is 8.33. The number of hydrogen-bond donors (Lipinski definition) is 3. The van der Waals surface area contributed by atoms with Crippen LogP contribution in [0.4, 0.5) is 4.39 Å². The Morgan fingerprint density at radius 1 is 1.28 bits per heavy atom. The Morgan fingerprint density at radius 3 is 2.76 bits per heavy atom. The summed E-state index contributed by atoms with van der Waals surface area (Å²) < 4.78 is 14.1.